The van der Waals surface area contributed by atoms with Crippen LogP contribution in [0.25, 0.3) is 0 Å². The molecule has 86 valence electrons. The van der Waals surface area contributed by atoms with E-state index in [9.17, 15) is 10.1 Å². The standard InChI is InChI=1S/C12H16N2O2/c1-9-3-2-4-11(12(9)14(15)16)10-5-7-13-8-6-10/h2-4,10,13H,5-8H2,1H3. The summed E-state index contributed by atoms with van der Waals surface area (Å²) in [5, 5.41) is 14.4. The van der Waals surface area contributed by atoms with Crippen LogP contribution in [0.3, 0.4) is 0 Å². The molecule has 1 aliphatic heterocycles. The van der Waals surface area contributed by atoms with Gasteiger partial charge in [0.2, 0.25) is 0 Å². The second-order valence-electron chi connectivity index (χ2n) is 4.29. The average molecular weight is 220 g/mol. The van der Waals surface area contributed by atoms with Gasteiger partial charge in [-0.15, -0.1) is 0 Å². The highest BCUT2D eigenvalue weighted by molar-refractivity contribution is 5.49. The predicted molar refractivity (Wildman–Crippen MR) is 62.7 cm³/mol. The molecule has 1 saturated heterocycles. The molecule has 0 atom stereocenters. The van der Waals surface area contributed by atoms with Crippen molar-refractivity contribution in [1.29, 1.82) is 0 Å². The van der Waals surface area contributed by atoms with Crippen LogP contribution in [0.2, 0.25) is 0 Å². The quantitative estimate of drug-likeness (QED) is 0.615. The number of nitrogens with zero attached hydrogens (tertiary/aromatic N) is 1. The molecule has 4 heteroatoms. The summed E-state index contributed by atoms with van der Waals surface area (Å²) in [6, 6.07) is 5.63. The van der Waals surface area contributed by atoms with Crippen molar-refractivity contribution >= 4 is 5.69 Å². The summed E-state index contributed by atoms with van der Waals surface area (Å²) in [5.74, 6) is 0.335. The molecular weight excluding hydrogens is 204 g/mol. The van der Waals surface area contributed by atoms with Crippen LogP contribution in [-0.2, 0) is 0 Å². The van der Waals surface area contributed by atoms with Crippen molar-refractivity contribution in [2.24, 2.45) is 0 Å². The molecule has 1 heterocycles. The van der Waals surface area contributed by atoms with Crippen molar-refractivity contribution < 1.29 is 4.92 Å². The second kappa shape index (κ2) is 4.61. The van der Waals surface area contributed by atoms with E-state index in [1.807, 2.05) is 25.1 Å². The molecule has 1 aromatic carbocycles. The van der Waals surface area contributed by atoms with E-state index < -0.39 is 0 Å². The Kier molecular flexibility index (Phi) is 3.19. The summed E-state index contributed by atoms with van der Waals surface area (Å²) >= 11 is 0. The third kappa shape index (κ3) is 2.07. The number of hydrogen-bond donors (Lipinski definition) is 1. The maximum atomic E-state index is 11.1. The molecule has 0 bridgehead atoms. The molecule has 4 nitrogen and oxygen atoms in total. The molecule has 0 aromatic heterocycles. The summed E-state index contributed by atoms with van der Waals surface area (Å²) in [4.78, 5) is 10.8. The topological polar surface area (TPSA) is 55.2 Å². The Morgan fingerprint density at radius 2 is 2.06 bits per heavy atom. The van der Waals surface area contributed by atoms with Crippen LogP contribution in [0.5, 0.6) is 0 Å². The molecule has 2 rings (SSSR count). The van der Waals surface area contributed by atoms with E-state index in [0.717, 1.165) is 37.1 Å². The van der Waals surface area contributed by atoms with E-state index in [1.54, 1.807) is 0 Å². The van der Waals surface area contributed by atoms with Crippen LogP contribution in [0.1, 0.15) is 29.9 Å². The van der Waals surface area contributed by atoms with E-state index in [2.05, 4.69) is 5.32 Å². The molecule has 0 aliphatic carbocycles. The van der Waals surface area contributed by atoms with E-state index in [-0.39, 0.29) is 4.92 Å². The van der Waals surface area contributed by atoms with Gasteiger partial charge in [0.25, 0.3) is 5.69 Å². The Balaban J connectivity index is 2.38. The molecule has 0 spiro atoms. The monoisotopic (exact) mass is 220 g/mol. The molecule has 1 fully saturated rings. The first-order chi connectivity index (χ1) is 7.70. The molecule has 1 aliphatic rings. The van der Waals surface area contributed by atoms with Gasteiger partial charge in [-0.05, 0) is 38.8 Å². The molecule has 16 heavy (non-hydrogen) atoms. The maximum absolute atomic E-state index is 11.1. The maximum Gasteiger partial charge on any atom is 0.275 e. The van der Waals surface area contributed by atoms with Crippen molar-refractivity contribution in [3.05, 3.63) is 39.4 Å². The number of nitro benzene ring substituents is 1. The van der Waals surface area contributed by atoms with E-state index in [1.165, 1.54) is 0 Å². The van der Waals surface area contributed by atoms with Gasteiger partial charge in [0.15, 0.2) is 0 Å². The highest BCUT2D eigenvalue weighted by Crippen LogP contribution is 2.34. The summed E-state index contributed by atoms with van der Waals surface area (Å²) in [6.07, 6.45) is 1.98. The largest absolute Gasteiger partial charge is 0.317 e. The minimum Gasteiger partial charge on any atom is -0.317 e. The van der Waals surface area contributed by atoms with E-state index >= 15 is 0 Å². The Morgan fingerprint density at radius 3 is 2.69 bits per heavy atom. The van der Waals surface area contributed by atoms with Crippen molar-refractivity contribution in [2.45, 2.75) is 25.7 Å². The van der Waals surface area contributed by atoms with Gasteiger partial charge in [-0.25, -0.2) is 0 Å². The van der Waals surface area contributed by atoms with Gasteiger partial charge in [0.05, 0.1) is 4.92 Å². The van der Waals surface area contributed by atoms with Crippen molar-refractivity contribution in [1.82, 2.24) is 5.32 Å². The lowest BCUT2D eigenvalue weighted by Crippen LogP contribution is -2.27. The highest BCUT2D eigenvalue weighted by Gasteiger charge is 2.24. The first-order valence-corrected chi connectivity index (χ1v) is 5.65. The lowest BCUT2D eigenvalue weighted by atomic mass is 9.88. The van der Waals surface area contributed by atoms with Gasteiger partial charge in [-0.1, -0.05) is 18.2 Å². The van der Waals surface area contributed by atoms with Crippen LogP contribution in [-0.4, -0.2) is 18.0 Å². The van der Waals surface area contributed by atoms with Crippen LogP contribution < -0.4 is 5.32 Å². The Bertz CT molecular complexity index is 398. The van der Waals surface area contributed by atoms with Crippen LogP contribution in [0.15, 0.2) is 18.2 Å². The van der Waals surface area contributed by atoms with Crippen LogP contribution in [0.4, 0.5) is 5.69 Å². The summed E-state index contributed by atoms with van der Waals surface area (Å²) < 4.78 is 0. The third-order valence-electron chi connectivity index (χ3n) is 3.23. The summed E-state index contributed by atoms with van der Waals surface area (Å²) in [7, 11) is 0. The highest BCUT2D eigenvalue weighted by atomic mass is 16.6. The smallest absolute Gasteiger partial charge is 0.275 e. The predicted octanol–water partition coefficient (Wildman–Crippen LogP) is 2.37. The zero-order valence-electron chi connectivity index (χ0n) is 9.40. The number of rotatable bonds is 2. The van der Waals surface area contributed by atoms with Crippen LogP contribution >= 0.6 is 0 Å². The fourth-order valence-electron chi connectivity index (χ4n) is 2.39. The molecule has 0 amide bonds. The zero-order valence-corrected chi connectivity index (χ0v) is 9.40. The fraction of sp³-hybridized carbons (Fsp3) is 0.500. The molecule has 1 N–H and O–H groups in total. The van der Waals surface area contributed by atoms with Crippen molar-refractivity contribution in [3.8, 4) is 0 Å². The number of aryl methyl sites for hydroxylation is 1. The number of nitrogens with one attached hydrogen (secondary N) is 1. The van der Waals surface area contributed by atoms with Crippen molar-refractivity contribution in [3.63, 3.8) is 0 Å². The number of para-hydroxylation sites is 1. The lowest BCUT2D eigenvalue weighted by molar-refractivity contribution is -0.386. The zero-order chi connectivity index (χ0) is 11.5. The summed E-state index contributed by atoms with van der Waals surface area (Å²) in [5.41, 5.74) is 1.99. The van der Waals surface area contributed by atoms with Gasteiger partial charge < -0.3 is 5.32 Å². The number of nitro groups is 1. The van der Waals surface area contributed by atoms with E-state index in [0.29, 0.717) is 11.6 Å². The van der Waals surface area contributed by atoms with Crippen LogP contribution in [0, 0.1) is 17.0 Å². The molecule has 1 aromatic rings. The van der Waals surface area contributed by atoms with Crippen molar-refractivity contribution in [2.75, 3.05) is 13.1 Å². The van der Waals surface area contributed by atoms with Gasteiger partial charge >= 0.3 is 0 Å². The summed E-state index contributed by atoms with van der Waals surface area (Å²) in [6.45, 7) is 3.72. The molecule has 0 radical (unpaired) electrons. The third-order valence-corrected chi connectivity index (χ3v) is 3.23. The molecule has 0 unspecified atom stereocenters. The Morgan fingerprint density at radius 1 is 1.38 bits per heavy atom. The number of benzene rings is 1. The Hall–Kier alpha value is -1.42. The molecule has 0 saturated carbocycles. The minimum absolute atomic E-state index is 0.243. The SMILES string of the molecule is Cc1cccc(C2CCNCC2)c1[N+](=O)[O-]. The van der Waals surface area contributed by atoms with Gasteiger partial charge in [-0.3, -0.25) is 10.1 Å². The average Bonchev–Trinajstić information content (AvgIpc) is 2.29. The fourth-order valence-corrected chi connectivity index (χ4v) is 2.39. The van der Waals surface area contributed by atoms with Gasteiger partial charge in [0.1, 0.15) is 0 Å². The lowest BCUT2D eigenvalue weighted by Gasteiger charge is -2.23. The molecular formula is C12H16N2O2. The Labute approximate surface area is 94.8 Å². The van der Waals surface area contributed by atoms with Gasteiger partial charge in [0, 0.05) is 11.1 Å². The van der Waals surface area contributed by atoms with E-state index in [4.69, 9.17) is 0 Å². The minimum atomic E-state index is -0.243. The second-order valence-corrected chi connectivity index (χ2v) is 4.29. The number of hydrogen-bond acceptors (Lipinski definition) is 3. The van der Waals surface area contributed by atoms with Gasteiger partial charge in [-0.2, -0.15) is 0 Å². The normalized spacial score (nSPS) is 17.3. The number of piperidine rings is 1. The first-order valence-electron chi connectivity index (χ1n) is 5.65. The first kappa shape index (κ1) is 11.1.